The van der Waals surface area contributed by atoms with Crippen LogP contribution in [0.2, 0.25) is 0 Å². The number of fused-ring (bicyclic) bond motifs is 1. The first-order valence-corrected chi connectivity index (χ1v) is 27.7. The van der Waals surface area contributed by atoms with E-state index in [1.165, 1.54) is 47.7 Å². The van der Waals surface area contributed by atoms with E-state index in [1.807, 2.05) is 48.5 Å². The number of rotatable bonds is 17. The summed E-state index contributed by atoms with van der Waals surface area (Å²) in [7, 11) is 4.47. The normalized spacial score (nSPS) is 26.0. The van der Waals surface area contributed by atoms with Crippen molar-refractivity contribution in [2.45, 2.75) is 207 Å². The molecule has 3 fully saturated rings. The van der Waals surface area contributed by atoms with E-state index in [0.29, 0.717) is 56.4 Å². The number of cyclic esters (lactones) is 2. The molecule has 7 amide bonds. The van der Waals surface area contributed by atoms with Gasteiger partial charge in [0, 0.05) is 46.1 Å². The highest BCUT2D eigenvalue weighted by molar-refractivity contribution is 5.97. The van der Waals surface area contributed by atoms with E-state index in [9.17, 15) is 43.2 Å². The monoisotopic (exact) mass is 1070 g/mol. The van der Waals surface area contributed by atoms with Crippen molar-refractivity contribution >= 4 is 53.3 Å². The predicted octanol–water partition coefficient (Wildman–Crippen LogP) is 3.89. The molecule has 3 saturated heterocycles. The lowest BCUT2D eigenvalue weighted by Gasteiger charge is -2.36. The summed E-state index contributed by atoms with van der Waals surface area (Å²) in [6.45, 7) is 18.7. The number of esters is 2. The van der Waals surface area contributed by atoms with Crippen molar-refractivity contribution in [3.8, 4) is 5.75 Å². The molecule has 0 aliphatic carbocycles. The van der Waals surface area contributed by atoms with Gasteiger partial charge in [0.05, 0.1) is 13.2 Å². The summed E-state index contributed by atoms with van der Waals surface area (Å²) in [4.78, 5) is 135. The molecule has 0 aromatic heterocycles. The second-order valence-electron chi connectivity index (χ2n) is 22.4. The molecule has 0 bridgehead atoms. The molecule has 426 valence electrons. The van der Waals surface area contributed by atoms with Gasteiger partial charge in [0.25, 0.3) is 5.91 Å². The van der Waals surface area contributed by atoms with E-state index in [-0.39, 0.29) is 68.7 Å². The number of hydrogen-bond donors (Lipinski definition) is 4. The van der Waals surface area contributed by atoms with Crippen LogP contribution in [0.25, 0.3) is 0 Å². The highest BCUT2D eigenvalue weighted by Crippen LogP contribution is 2.27. The number of nitrogens with zero attached hydrogens (tertiary/aromatic N) is 4. The van der Waals surface area contributed by atoms with Crippen molar-refractivity contribution in [1.82, 2.24) is 35.6 Å². The molecule has 3 aliphatic heterocycles. The number of nitrogens with one attached hydrogen (secondary N) is 3. The van der Waals surface area contributed by atoms with E-state index >= 15 is 0 Å². The zero-order valence-electron chi connectivity index (χ0n) is 47.6. The predicted molar refractivity (Wildman–Crippen MR) is 286 cm³/mol. The van der Waals surface area contributed by atoms with Crippen LogP contribution < -0.4 is 26.4 Å². The smallest absolute Gasteiger partial charge is 0.329 e. The van der Waals surface area contributed by atoms with Crippen LogP contribution in [-0.2, 0) is 59.0 Å². The van der Waals surface area contributed by atoms with Crippen molar-refractivity contribution < 1.29 is 57.4 Å². The van der Waals surface area contributed by atoms with Gasteiger partial charge >= 0.3 is 11.9 Å². The summed E-state index contributed by atoms with van der Waals surface area (Å²) >= 11 is 0. The van der Waals surface area contributed by atoms with Crippen LogP contribution in [0.3, 0.4) is 0 Å². The van der Waals surface area contributed by atoms with Crippen molar-refractivity contribution in [3.05, 3.63) is 29.8 Å². The number of likely N-dealkylation sites (tertiary alicyclic amines) is 1. The molecule has 1 aromatic carbocycles. The summed E-state index contributed by atoms with van der Waals surface area (Å²) < 4.78 is 17.4. The summed E-state index contributed by atoms with van der Waals surface area (Å²) in [5.41, 5.74) is 6.87. The van der Waals surface area contributed by atoms with Gasteiger partial charge < -0.3 is 55.5 Å². The minimum absolute atomic E-state index is 0.0538. The Morgan fingerprint density at radius 3 is 2.12 bits per heavy atom. The van der Waals surface area contributed by atoms with Crippen molar-refractivity contribution in [1.29, 1.82) is 0 Å². The average Bonchev–Trinajstić information content (AvgIpc) is 4.08. The fourth-order valence-corrected chi connectivity index (χ4v) is 10.4. The number of ether oxygens (including phenoxy) is 3. The number of nitrogens with two attached hydrogens (primary N) is 1. The molecule has 20 heteroatoms. The topological polar surface area (TPSA) is 256 Å². The molecule has 5 N–H and O–H groups in total. The van der Waals surface area contributed by atoms with E-state index in [4.69, 9.17) is 19.9 Å². The third kappa shape index (κ3) is 16.6. The molecular formula is C56H90N8O12. The summed E-state index contributed by atoms with van der Waals surface area (Å²) in [6, 6.07) is -1.54. The number of hydrogen-bond acceptors (Lipinski definition) is 13. The van der Waals surface area contributed by atoms with Gasteiger partial charge in [-0.2, -0.15) is 0 Å². The Hall–Kier alpha value is -5.79. The van der Waals surface area contributed by atoms with Crippen LogP contribution in [-0.4, -0.2) is 168 Å². The molecule has 76 heavy (non-hydrogen) atoms. The van der Waals surface area contributed by atoms with Gasteiger partial charge in [-0.3, -0.25) is 38.4 Å². The van der Waals surface area contributed by atoms with Gasteiger partial charge in [-0.15, -0.1) is 0 Å². The number of amides is 7. The zero-order chi connectivity index (χ0) is 56.7. The second kappa shape index (κ2) is 29.1. The van der Waals surface area contributed by atoms with E-state index in [0.717, 1.165) is 0 Å². The molecule has 0 saturated carbocycles. The Labute approximate surface area is 450 Å². The van der Waals surface area contributed by atoms with Gasteiger partial charge in [0.2, 0.25) is 35.4 Å². The van der Waals surface area contributed by atoms with Gasteiger partial charge in [-0.05, 0) is 99.7 Å². The lowest BCUT2D eigenvalue weighted by atomic mass is 9.94. The van der Waals surface area contributed by atoms with Crippen LogP contribution in [0.4, 0.5) is 0 Å². The number of carbonyl (C=O) groups is 9. The van der Waals surface area contributed by atoms with Crippen LogP contribution >= 0.6 is 0 Å². The van der Waals surface area contributed by atoms with Crippen molar-refractivity contribution in [2.24, 2.45) is 29.4 Å². The maximum atomic E-state index is 14.9. The molecule has 20 nitrogen and oxygen atoms in total. The fourth-order valence-electron chi connectivity index (χ4n) is 10.4. The average molecular weight is 1070 g/mol. The highest BCUT2D eigenvalue weighted by atomic mass is 16.6. The van der Waals surface area contributed by atoms with Gasteiger partial charge in [0.1, 0.15) is 48.1 Å². The third-order valence-corrected chi connectivity index (χ3v) is 15.2. The number of carbonyl (C=O) groups excluding carboxylic acids is 9. The third-order valence-electron chi connectivity index (χ3n) is 15.2. The highest BCUT2D eigenvalue weighted by Gasteiger charge is 2.45. The first kappa shape index (κ1) is 62.7. The summed E-state index contributed by atoms with van der Waals surface area (Å²) in [5.74, 6) is -5.95. The number of benzene rings is 1. The minimum atomic E-state index is -1.59. The lowest BCUT2D eigenvalue weighted by molar-refractivity contribution is -0.162. The number of methoxy groups -OCH3 is 1. The Morgan fingerprint density at radius 1 is 0.868 bits per heavy atom. The molecule has 2 unspecified atom stereocenters. The minimum Gasteiger partial charge on any atom is -0.497 e. The number of likely N-dealkylation sites (N-methyl/N-ethyl adjacent to an activating group) is 2. The van der Waals surface area contributed by atoms with Crippen molar-refractivity contribution in [3.63, 3.8) is 0 Å². The molecular weight excluding hydrogens is 977 g/mol. The maximum absolute atomic E-state index is 14.9. The maximum Gasteiger partial charge on any atom is 0.329 e. The molecule has 1 aromatic rings. The fraction of sp³-hybridized carbons (Fsp3) is 0.732. The zero-order valence-corrected chi connectivity index (χ0v) is 47.6. The lowest BCUT2D eigenvalue weighted by Crippen LogP contribution is -2.61. The SMILES string of the molecule is CCCC(N)C(=O)N1CCCC1C(=O)N(C)[C@H](CC(C)C)C(=O)N[C@@H]1C(=O)N[C@H]([C@@H](C)CC)CCC(=O)O[C@@H](C(C)C)C(=O)N[C@@H](CC(C)C)C(=O)N2CCC[C@H]2C(=O)N(C)[C@@H](Cc2ccc(OC)cc2)C(=O)O[C@@H]1C. The molecule has 4 rings (SSSR count). The first-order valence-electron chi connectivity index (χ1n) is 27.7. The van der Waals surface area contributed by atoms with Gasteiger partial charge in [0.15, 0.2) is 6.10 Å². The molecule has 3 heterocycles. The van der Waals surface area contributed by atoms with E-state index < -0.39 is 114 Å². The quantitative estimate of drug-likeness (QED) is 0.162. The first-order chi connectivity index (χ1) is 35.8. The molecule has 11 atom stereocenters. The van der Waals surface area contributed by atoms with Crippen LogP contribution in [0.5, 0.6) is 5.75 Å². The Morgan fingerprint density at radius 2 is 1.53 bits per heavy atom. The summed E-state index contributed by atoms with van der Waals surface area (Å²) in [6.07, 6.45) is 0.879. The Balaban J connectivity index is 1.83. The van der Waals surface area contributed by atoms with E-state index in [2.05, 4.69) is 16.0 Å². The Bertz CT molecular complexity index is 2170. The largest absolute Gasteiger partial charge is 0.497 e. The van der Waals surface area contributed by atoms with Crippen molar-refractivity contribution in [2.75, 3.05) is 34.3 Å². The Kier molecular flexibility index (Phi) is 24.0. The van der Waals surface area contributed by atoms with Gasteiger partial charge in [-0.1, -0.05) is 87.3 Å². The molecule has 3 aliphatic rings. The van der Waals surface area contributed by atoms with Crippen LogP contribution in [0, 0.1) is 23.7 Å². The van der Waals surface area contributed by atoms with Gasteiger partial charge in [-0.25, -0.2) is 4.79 Å². The standard InChI is InChI=1S/C56H90N8O12/c1-14-18-39(57)52(69)63-27-16-19-42(63)54(71)61(11)44(30-33(5)6)49(66)60-47-36(10)75-56(73)45(31-37-21-23-38(74-13)24-22-37)62(12)55(72)43-20-17-28-64(43)53(70)41(29-32(3)4)59-51(68)48(34(7)8)76-46(65)26-25-40(35(9)15-2)58-50(47)67/h21-24,32-36,39-45,47-48H,14-20,25-31,57H2,1-13H3,(H,58,67)(H,59,68)(H,60,66)/t35-,36+,39?,40-,41-,42?,43-,44+,45-,47-,48-/m0/s1. The second-order valence-corrected chi connectivity index (χ2v) is 22.4. The summed E-state index contributed by atoms with van der Waals surface area (Å²) in [5, 5.41) is 8.72. The van der Waals surface area contributed by atoms with Crippen LogP contribution in [0.1, 0.15) is 145 Å². The molecule has 0 radical (unpaired) electrons. The van der Waals surface area contributed by atoms with Crippen LogP contribution in [0.15, 0.2) is 24.3 Å². The molecule has 0 spiro atoms. The van der Waals surface area contributed by atoms with E-state index in [1.54, 1.807) is 38.1 Å².